The summed E-state index contributed by atoms with van der Waals surface area (Å²) in [5.74, 6) is 2.45. The number of aryl methyl sites for hydroxylation is 1. The van der Waals surface area contributed by atoms with Crippen LogP contribution in [0.2, 0.25) is 0 Å². The van der Waals surface area contributed by atoms with Crippen molar-refractivity contribution in [2.24, 2.45) is 10.9 Å². The van der Waals surface area contributed by atoms with Crippen LogP contribution in [0, 0.1) is 12.8 Å². The van der Waals surface area contributed by atoms with Crippen molar-refractivity contribution in [2.45, 2.75) is 47.3 Å². The van der Waals surface area contributed by atoms with E-state index in [0.717, 1.165) is 24.9 Å². The first-order valence-corrected chi connectivity index (χ1v) is 8.66. The van der Waals surface area contributed by atoms with Crippen molar-refractivity contribution in [1.29, 1.82) is 0 Å². The van der Waals surface area contributed by atoms with Gasteiger partial charge in [-0.1, -0.05) is 43.7 Å². The summed E-state index contributed by atoms with van der Waals surface area (Å²) in [5.41, 5.74) is 2.48. The molecule has 5 nitrogen and oxygen atoms in total. The molecule has 130 valence electrons. The highest BCUT2D eigenvalue weighted by atomic mass is 15.2. The second kappa shape index (κ2) is 9.11. The zero-order valence-corrected chi connectivity index (χ0v) is 15.2. The molecule has 0 saturated carbocycles. The molecule has 2 aromatic rings. The SMILES string of the molecule is CCNC(=NCc1cccc(C)c1)NCc1nccn1CC(C)C. The number of aliphatic imine (C=N–C) groups is 1. The molecule has 0 unspecified atom stereocenters. The number of hydrogen-bond donors (Lipinski definition) is 2. The van der Waals surface area contributed by atoms with Crippen LogP contribution in [0.3, 0.4) is 0 Å². The Morgan fingerprint density at radius 2 is 2.12 bits per heavy atom. The highest BCUT2D eigenvalue weighted by Crippen LogP contribution is 2.06. The lowest BCUT2D eigenvalue weighted by Crippen LogP contribution is -2.37. The smallest absolute Gasteiger partial charge is 0.191 e. The Balaban J connectivity index is 1.98. The van der Waals surface area contributed by atoms with Gasteiger partial charge in [0.05, 0.1) is 13.1 Å². The van der Waals surface area contributed by atoms with Crippen LogP contribution in [0.5, 0.6) is 0 Å². The standard InChI is InChI=1S/C19H29N5/c1-5-20-19(22-12-17-8-6-7-16(4)11-17)23-13-18-21-9-10-24(18)14-15(2)3/h6-11,15H,5,12-14H2,1-4H3,(H2,20,22,23). The summed E-state index contributed by atoms with van der Waals surface area (Å²) < 4.78 is 2.20. The van der Waals surface area contributed by atoms with E-state index in [0.29, 0.717) is 19.0 Å². The second-order valence-electron chi connectivity index (χ2n) is 6.43. The van der Waals surface area contributed by atoms with Gasteiger partial charge < -0.3 is 15.2 Å². The Kier molecular flexibility index (Phi) is 6.85. The molecule has 0 spiro atoms. The van der Waals surface area contributed by atoms with E-state index in [1.165, 1.54) is 11.1 Å². The van der Waals surface area contributed by atoms with Gasteiger partial charge in [-0.25, -0.2) is 9.98 Å². The molecule has 2 N–H and O–H groups in total. The van der Waals surface area contributed by atoms with Crippen LogP contribution in [0.4, 0.5) is 0 Å². The number of hydrogen-bond acceptors (Lipinski definition) is 2. The molecule has 0 amide bonds. The fraction of sp³-hybridized carbons (Fsp3) is 0.474. The number of imidazole rings is 1. The van der Waals surface area contributed by atoms with Crippen LogP contribution in [0.25, 0.3) is 0 Å². The fourth-order valence-electron chi connectivity index (χ4n) is 2.55. The average molecular weight is 327 g/mol. The van der Waals surface area contributed by atoms with Crippen LogP contribution < -0.4 is 10.6 Å². The molecule has 0 aliphatic heterocycles. The average Bonchev–Trinajstić information content (AvgIpc) is 2.96. The molecule has 0 radical (unpaired) electrons. The quantitative estimate of drug-likeness (QED) is 0.607. The minimum absolute atomic E-state index is 0.598. The van der Waals surface area contributed by atoms with E-state index in [9.17, 15) is 0 Å². The van der Waals surface area contributed by atoms with Crippen LogP contribution in [0.1, 0.15) is 37.7 Å². The maximum absolute atomic E-state index is 4.67. The van der Waals surface area contributed by atoms with Gasteiger partial charge in [0.1, 0.15) is 5.82 Å². The summed E-state index contributed by atoms with van der Waals surface area (Å²) in [6, 6.07) is 8.45. The normalized spacial score (nSPS) is 11.8. The van der Waals surface area contributed by atoms with Crippen LogP contribution in [-0.4, -0.2) is 22.1 Å². The first-order chi connectivity index (χ1) is 11.6. The third kappa shape index (κ3) is 5.72. The largest absolute Gasteiger partial charge is 0.357 e. The van der Waals surface area contributed by atoms with Gasteiger partial charge in [0.15, 0.2) is 5.96 Å². The monoisotopic (exact) mass is 327 g/mol. The van der Waals surface area contributed by atoms with E-state index in [4.69, 9.17) is 0 Å². The van der Waals surface area contributed by atoms with Crippen molar-refractivity contribution < 1.29 is 0 Å². The van der Waals surface area contributed by atoms with Crippen LogP contribution >= 0.6 is 0 Å². The zero-order valence-electron chi connectivity index (χ0n) is 15.2. The highest BCUT2D eigenvalue weighted by molar-refractivity contribution is 5.79. The number of guanidine groups is 1. The molecule has 0 fully saturated rings. The van der Waals surface area contributed by atoms with Gasteiger partial charge in [-0.15, -0.1) is 0 Å². The Labute approximate surface area is 145 Å². The summed E-state index contributed by atoms with van der Waals surface area (Å²) in [7, 11) is 0. The van der Waals surface area contributed by atoms with E-state index in [2.05, 4.69) is 77.1 Å². The highest BCUT2D eigenvalue weighted by Gasteiger charge is 2.06. The van der Waals surface area contributed by atoms with Gasteiger partial charge in [0.2, 0.25) is 0 Å². The fourth-order valence-corrected chi connectivity index (χ4v) is 2.55. The number of nitrogens with one attached hydrogen (secondary N) is 2. The lowest BCUT2D eigenvalue weighted by atomic mass is 10.1. The van der Waals surface area contributed by atoms with Gasteiger partial charge in [-0.2, -0.15) is 0 Å². The number of rotatable bonds is 7. The summed E-state index contributed by atoms with van der Waals surface area (Å²) in [6.45, 7) is 11.7. The van der Waals surface area contributed by atoms with Crippen molar-refractivity contribution in [1.82, 2.24) is 20.2 Å². The van der Waals surface area contributed by atoms with E-state index in [1.54, 1.807) is 0 Å². The molecule has 0 atom stereocenters. The Hall–Kier alpha value is -2.30. The second-order valence-corrected chi connectivity index (χ2v) is 6.43. The van der Waals surface area contributed by atoms with Crippen molar-refractivity contribution in [3.8, 4) is 0 Å². The molecule has 1 aromatic carbocycles. The van der Waals surface area contributed by atoms with Gasteiger partial charge in [-0.05, 0) is 25.3 Å². The molecule has 1 heterocycles. The summed E-state index contributed by atoms with van der Waals surface area (Å²) >= 11 is 0. The van der Waals surface area contributed by atoms with Gasteiger partial charge in [-0.3, -0.25) is 0 Å². The first kappa shape index (κ1) is 18.0. The van der Waals surface area contributed by atoms with Crippen molar-refractivity contribution >= 4 is 5.96 Å². The van der Waals surface area contributed by atoms with Crippen molar-refractivity contribution in [3.05, 3.63) is 53.6 Å². The lowest BCUT2D eigenvalue weighted by Gasteiger charge is -2.13. The predicted molar refractivity (Wildman–Crippen MR) is 99.9 cm³/mol. The number of aromatic nitrogens is 2. The third-order valence-corrected chi connectivity index (χ3v) is 3.62. The topological polar surface area (TPSA) is 54.2 Å². The van der Waals surface area contributed by atoms with Crippen LogP contribution in [-0.2, 0) is 19.6 Å². The van der Waals surface area contributed by atoms with E-state index in [-0.39, 0.29) is 0 Å². The Morgan fingerprint density at radius 3 is 2.83 bits per heavy atom. The maximum Gasteiger partial charge on any atom is 0.191 e. The van der Waals surface area contributed by atoms with E-state index >= 15 is 0 Å². The lowest BCUT2D eigenvalue weighted by molar-refractivity contribution is 0.503. The summed E-state index contributed by atoms with van der Waals surface area (Å²) in [5, 5.41) is 6.67. The van der Waals surface area contributed by atoms with Gasteiger partial charge >= 0.3 is 0 Å². The minimum Gasteiger partial charge on any atom is -0.357 e. The molecule has 5 heteroatoms. The molecular formula is C19H29N5. The molecule has 0 aliphatic carbocycles. The molecule has 0 bridgehead atoms. The number of nitrogens with zero attached hydrogens (tertiary/aromatic N) is 3. The molecule has 24 heavy (non-hydrogen) atoms. The zero-order chi connectivity index (χ0) is 17.4. The molecule has 0 saturated heterocycles. The minimum atomic E-state index is 0.598. The molecular weight excluding hydrogens is 298 g/mol. The maximum atomic E-state index is 4.67. The van der Waals surface area contributed by atoms with Crippen LogP contribution in [0.15, 0.2) is 41.7 Å². The third-order valence-electron chi connectivity index (χ3n) is 3.62. The Morgan fingerprint density at radius 1 is 1.29 bits per heavy atom. The van der Waals surface area contributed by atoms with E-state index < -0.39 is 0 Å². The van der Waals surface area contributed by atoms with Gasteiger partial charge in [0.25, 0.3) is 0 Å². The summed E-state index contributed by atoms with van der Waals surface area (Å²) in [4.78, 5) is 9.12. The number of benzene rings is 1. The predicted octanol–water partition coefficient (Wildman–Crippen LogP) is 3.10. The first-order valence-electron chi connectivity index (χ1n) is 8.66. The molecule has 2 rings (SSSR count). The molecule has 0 aliphatic rings. The Bertz CT molecular complexity index is 657. The van der Waals surface area contributed by atoms with Crippen molar-refractivity contribution in [2.75, 3.05) is 6.54 Å². The van der Waals surface area contributed by atoms with E-state index in [1.807, 2.05) is 12.4 Å². The molecule has 1 aromatic heterocycles. The van der Waals surface area contributed by atoms with Crippen molar-refractivity contribution in [3.63, 3.8) is 0 Å². The van der Waals surface area contributed by atoms with Gasteiger partial charge in [0, 0.05) is 25.5 Å². The summed E-state index contributed by atoms with van der Waals surface area (Å²) in [6.07, 6.45) is 3.89.